The van der Waals surface area contributed by atoms with E-state index in [-0.39, 0.29) is 19.0 Å². The Morgan fingerprint density at radius 2 is 2.18 bits per heavy atom. The van der Waals surface area contributed by atoms with Crippen LogP contribution in [0.4, 0.5) is 5.82 Å². The summed E-state index contributed by atoms with van der Waals surface area (Å²) in [6.45, 7) is 1.26. The topological polar surface area (TPSA) is 164 Å². The number of aliphatic hydroxyl groups excluding tert-OH is 1. The molecule has 13 heteroatoms. The van der Waals surface area contributed by atoms with Crippen LogP contribution >= 0.6 is 7.82 Å². The van der Waals surface area contributed by atoms with Crippen LogP contribution in [0.2, 0.25) is 0 Å². The molecule has 2 aliphatic heterocycles. The van der Waals surface area contributed by atoms with Crippen LogP contribution in [-0.4, -0.2) is 60.8 Å². The number of ether oxygens (including phenoxy) is 1. The number of rotatable bonds is 5. The van der Waals surface area contributed by atoms with E-state index in [4.69, 9.17) is 24.0 Å². The van der Waals surface area contributed by atoms with Crippen LogP contribution in [0.5, 0.6) is 0 Å². The van der Waals surface area contributed by atoms with Gasteiger partial charge in [-0.25, -0.2) is 14.5 Å². The highest BCUT2D eigenvalue weighted by Crippen LogP contribution is 2.57. The Labute approximate surface area is 188 Å². The fourth-order valence-corrected chi connectivity index (χ4v) is 5.45. The van der Waals surface area contributed by atoms with Gasteiger partial charge in [0.15, 0.2) is 6.23 Å². The molecule has 12 nitrogen and oxygen atoms in total. The molecule has 4 N–H and O–H groups in total. The van der Waals surface area contributed by atoms with Gasteiger partial charge in [0.1, 0.15) is 41.7 Å². The number of hydrogen-bond acceptors (Lipinski definition) is 11. The summed E-state index contributed by atoms with van der Waals surface area (Å²) in [5.41, 5.74) is 5.23. The molecular weight excluding hydrogens is 453 g/mol. The zero-order valence-corrected chi connectivity index (χ0v) is 18.6. The van der Waals surface area contributed by atoms with Crippen molar-refractivity contribution in [1.29, 1.82) is 0 Å². The average Bonchev–Trinajstić information content (AvgIpc) is 3.33. The number of phosphoric ester groups is 1. The lowest BCUT2D eigenvalue weighted by molar-refractivity contribution is -0.0951. The highest BCUT2D eigenvalue weighted by Gasteiger charge is 2.54. The molecule has 176 valence electrons. The second-order valence-electron chi connectivity index (χ2n) is 8.13. The molecule has 2 aliphatic rings. The molecule has 2 fully saturated rings. The molecule has 0 amide bonds. The van der Waals surface area contributed by atoms with Crippen LogP contribution in [0.25, 0.3) is 11.0 Å². The fourth-order valence-electron chi connectivity index (χ4n) is 4.07. The maximum Gasteiger partial charge on any atom is 0.475 e. The third kappa shape index (κ3) is 4.04. The lowest BCUT2D eigenvalue weighted by atomic mass is 9.96. The predicted octanol–water partition coefficient (Wildman–Crippen LogP) is 1.72. The first-order valence-electron chi connectivity index (χ1n) is 10.4. The van der Waals surface area contributed by atoms with Gasteiger partial charge in [-0.1, -0.05) is 6.07 Å². The number of aliphatic hydroxyl groups is 2. The monoisotopic (exact) mass is 477 g/mol. The molecule has 5 heterocycles. The first-order chi connectivity index (χ1) is 15.8. The zero-order chi connectivity index (χ0) is 23.2. The molecule has 0 saturated carbocycles. The molecule has 0 aromatic carbocycles. The summed E-state index contributed by atoms with van der Waals surface area (Å²) < 4.78 is 36.9. The van der Waals surface area contributed by atoms with Crippen LogP contribution in [0.1, 0.15) is 31.4 Å². The van der Waals surface area contributed by atoms with Gasteiger partial charge in [0.25, 0.3) is 0 Å². The summed E-state index contributed by atoms with van der Waals surface area (Å²) in [6.07, 6.45) is 1.09. The van der Waals surface area contributed by atoms with E-state index >= 15 is 0 Å². The fraction of sp³-hybridized carbons (Fsp3) is 0.450. The van der Waals surface area contributed by atoms with E-state index in [9.17, 15) is 14.8 Å². The van der Waals surface area contributed by atoms with E-state index in [0.717, 1.165) is 0 Å². The number of nitrogens with two attached hydrogens (primary N) is 1. The van der Waals surface area contributed by atoms with E-state index in [2.05, 4.69) is 15.0 Å². The lowest BCUT2D eigenvalue weighted by Gasteiger charge is -2.29. The zero-order valence-electron chi connectivity index (χ0n) is 17.7. The van der Waals surface area contributed by atoms with Crippen LogP contribution in [0, 0.1) is 0 Å². The van der Waals surface area contributed by atoms with Crippen molar-refractivity contribution in [3.63, 3.8) is 0 Å². The maximum absolute atomic E-state index is 13.0. The van der Waals surface area contributed by atoms with Crippen molar-refractivity contribution < 1.29 is 33.1 Å². The quantitative estimate of drug-likeness (QED) is 0.458. The Morgan fingerprint density at radius 3 is 2.97 bits per heavy atom. The molecule has 0 spiro atoms. The lowest BCUT2D eigenvalue weighted by Crippen LogP contribution is -2.44. The predicted molar refractivity (Wildman–Crippen MR) is 115 cm³/mol. The van der Waals surface area contributed by atoms with Crippen LogP contribution in [0.15, 0.2) is 43.0 Å². The molecule has 6 atom stereocenters. The van der Waals surface area contributed by atoms with E-state index in [0.29, 0.717) is 23.1 Å². The first-order valence-corrected chi connectivity index (χ1v) is 11.9. The number of aromatic nitrogens is 4. The van der Waals surface area contributed by atoms with Gasteiger partial charge in [0.05, 0.1) is 24.3 Å². The second kappa shape index (κ2) is 8.41. The number of anilines is 1. The molecule has 0 radical (unpaired) electrons. The smallest absolute Gasteiger partial charge is 0.387 e. The van der Waals surface area contributed by atoms with Gasteiger partial charge < -0.3 is 25.3 Å². The average molecular weight is 477 g/mol. The van der Waals surface area contributed by atoms with Crippen LogP contribution < -0.4 is 5.73 Å². The van der Waals surface area contributed by atoms with Crippen molar-refractivity contribution >= 4 is 24.7 Å². The Kier molecular flexibility index (Phi) is 5.69. The van der Waals surface area contributed by atoms with Gasteiger partial charge in [-0.05, 0) is 25.1 Å². The second-order valence-corrected chi connectivity index (χ2v) is 9.75. The Hall–Kier alpha value is -2.44. The standard InChI is InChI=1S/C20H24N5O7P/c1-20(27)16(26)15(31-19(20)25-8-5-12-17(21)23-11-24-18(12)25)10-30-33(28)29-9-6-14(32-33)13-4-2-3-7-22-13/h2-5,7-8,11,14-16,19,26-27H,6,9-10H2,1H3,(H2,21,23,24)/t14-,15+,16+,19+,20+,33+/m0/s1. The summed E-state index contributed by atoms with van der Waals surface area (Å²) in [4.78, 5) is 12.4. The molecule has 3 aromatic rings. The molecule has 0 unspecified atom stereocenters. The highest BCUT2D eigenvalue weighted by molar-refractivity contribution is 7.48. The van der Waals surface area contributed by atoms with Gasteiger partial charge in [-0.15, -0.1) is 0 Å². The van der Waals surface area contributed by atoms with Crippen molar-refractivity contribution in [3.05, 3.63) is 48.7 Å². The van der Waals surface area contributed by atoms with E-state index < -0.39 is 38.0 Å². The van der Waals surface area contributed by atoms with Gasteiger partial charge >= 0.3 is 7.82 Å². The largest absolute Gasteiger partial charge is 0.475 e. The van der Waals surface area contributed by atoms with Crippen molar-refractivity contribution in [2.24, 2.45) is 0 Å². The number of fused-ring (bicyclic) bond motifs is 1. The summed E-state index contributed by atoms with van der Waals surface area (Å²) in [5.74, 6) is 0.281. The van der Waals surface area contributed by atoms with Crippen LogP contribution in [0.3, 0.4) is 0 Å². The van der Waals surface area contributed by atoms with Crippen molar-refractivity contribution in [2.45, 2.75) is 43.5 Å². The number of pyridine rings is 1. The first kappa shape index (κ1) is 22.4. The number of phosphoric acid groups is 1. The molecule has 3 aromatic heterocycles. The summed E-state index contributed by atoms with van der Waals surface area (Å²) >= 11 is 0. The van der Waals surface area contributed by atoms with Crippen molar-refractivity contribution in [3.8, 4) is 0 Å². The number of nitrogens with zero attached hydrogens (tertiary/aromatic N) is 4. The maximum atomic E-state index is 13.0. The van der Waals surface area contributed by atoms with Crippen molar-refractivity contribution in [1.82, 2.24) is 19.5 Å². The third-order valence-electron chi connectivity index (χ3n) is 5.85. The normalized spacial score (nSPS) is 34.6. The molecule has 5 rings (SSSR count). The SMILES string of the molecule is C[C@@]1(O)[C@H](O)[C@@H](CO[P@@]2(=O)OCC[C@@H](c3ccccn3)O2)O[C@H]1n1ccc2c(N)ncnc21. The third-order valence-corrected chi connectivity index (χ3v) is 7.32. The Morgan fingerprint density at radius 1 is 1.33 bits per heavy atom. The number of hydrogen-bond donors (Lipinski definition) is 3. The van der Waals surface area contributed by atoms with Crippen molar-refractivity contribution in [2.75, 3.05) is 18.9 Å². The van der Waals surface area contributed by atoms with Gasteiger partial charge in [0.2, 0.25) is 0 Å². The van der Waals surface area contributed by atoms with Gasteiger partial charge in [-0.3, -0.25) is 18.6 Å². The molecule has 2 saturated heterocycles. The van der Waals surface area contributed by atoms with Gasteiger partial charge in [-0.2, -0.15) is 0 Å². The minimum absolute atomic E-state index is 0.156. The van der Waals surface area contributed by atoms with E-state index in [1.165, 1.54) is 13.3 Å². The highest BCUT2D eigenvalue weighted by atomic mass is 31.2. The Balaban J connectivity index is 1.31. The molecule has 0 aliphatic carbocycles. The molecule has 33 heavy (non-hydrogen) atoms. The number of nitrogen functional groups attached to an aromatic ring is 1. The molecular formula is C20H24N5O7P. The summed E-state index contributed by atoms with van der Waals surface area (Å²) in [5, 5.41) is 22.4. The minimum Gasteiger partial charge on any atom is -0.387 e. The summed E-state index contributed by atoms with van der Waals surface area (Å²) in [6, 6.07) is 7.04. The molecule has 0 bridgehead atoms. The van der Waals surface area contributed by atoms with E-state index in [1.54, 1.807) is 41.2 Å². The van der Waals surface area contributed by atoms with Gasteiger partial charge in [0, 0.05) is 18.8 Å². The van der Waals surface area contributed by atoms with E-state index in [1.807, 2.05) is 0 Å². The minimum atomic E-state index is -3.94. The summed E-state index contributed by atoms with van der Waals surface area (Å²) in [7, 11) is -3.94. The Bertz CT molecular complexity index is 1190. The van der Waals surface area contributed by atoms with Crippen LogP contribution in [-0.2, 0) is 22.9 Å².